The van der Waals surface area contributed by atoms with Gasteiger partial charge in [0.1, 0.15) is 17.2 Å². The standard InChI is InChI=1S/C17H19FN6O2/c1-26-12-7-11(9-22-6-4-15(19)21-22)24(10-12)17(25)16-20-8-14-13(18)3-2-5-23(14)16/h2-6,8,11-12H,7,9-10H2,1H3,(H2,19,21)/t11-,12-/m0/s1. The Morgan fingerprint density at radius 3 is 3.00 bits per heavy atom. The van der Waals surface area contributed by atoms with Crippen LogP contribution in [0.4, 0.5) is 10.2 Å². The maximum Gasteiger partial charge on any atom is 0.290 e. The number of aromatic nitrogens is 4. The van der Waals surface area contributed by atoms with Gasteiger partial charge in [-0.3, -0.25) is 13.9 Å². The van der Waals surface area contributed by atoms with Crippen LogP contribution < -0.4 is 5.73 Å². The van der Waals surface area contributed by atoms with Crippen molar-refractivity contribution in [3.63, 3.8) is 0 Å². The Labute approximate surface area is 149 Å². The monoisotopic (exact) mass is 358 g/mol. The molecule has 2 atom stereocenters. The van der Waals surface area contributed by atoms with E-state index in [1.165, 1.54) is 16.7 Å². The average molecular weight is 358 g/mol. The number of fused-ring (bicyclic) bond motifs is 1. The van der Waals surface area contributed by atoms with Crippen LogP contribution in [0.25, 0.3) is 5.52 Å². The van der Waals surface area contributed by atoms with Gasteiger partial charge in [0, 0.05) is 26.0 Å². The number of hydrogen-bond donors (Lipinski definition) is 1. The fourth-order valence-corrected chi connectivity index (χ4v) is 3.44. The molecule has 0 radical (unpaired) electrons. The summed E-state index contributed by atoms with van der Waals surface area (Å²) in [5.41, 5.74) is 5.94. The normalized spacial score (nSPS) is 20.2. The number of pyridine rings is 1. The number of methoxy groups -OCH3 is 1. The van der Waals surface area contributed by atoms with Gasteiger partial charge in [-0.1, -0.05) is 0 Å². The molecule has 0 saturated carbocycles. The lowest BCUT2D eigenvalue weighted by Crippen LogP contribution is -2.39. The summed E-state index contributed by atoms with van der Waals surface area (Å²) in [6.07, 6.45) is 5.39. The predicted octanol–water partition coefficient (Wildman–Crippen LogP) is 1.18. The lowest BCUT2D eigenvalue weighted by molar-refractivity contribution is 0.0666. The highest BCUT2D eigenvalue weighted by molar-refractivity contribution is 5.92. The molecule has 1 fully saturated rings. The smallest absolute Gasteiger partial charge is 0.290 e. The summed E-state index contributed by atoms with van der Waals surface area (Å²) in [5.74, 6) is -0.0702. The Kier molecular flexibility index (Phi) is 4.08. The topological polar surface area (TPSA) is 90.7 Å². The minimum absolute atomic E-state index is 0.0696. The van der Waals surface area contributed by atoms with Crippen molar-refractivity contribution >= 4 is 17.2 Å². The number of carbonyl (C=O) groups is 1. The van der Waals surface area contributed by atoms with E-state index < -0.39 is 5.82 Å². The largest absolute Gasteiger partial charge is 0.382 e. The van der Waals surface area contributed by atoms with Crippen LogP contribution in [-0.2, 0) is 11.3 Å². The lowest BCUT2D eigenvalue weighted by atomic mass is 10.2. The molecule has 1 saturated heterocycles. The van der Waals surface area contributed by atoms with Gasteiger partial charge in [-0.25, -0.2) is 9.37 Å². The summed E-state index contributed by atoms with van der Waals surface area (Å²) >= 11 is 0. The van der Waals surface area contributed by atoms with Gasteiger partial charge in [0.15, 0.2) is 0 Å². The van der Waals surface area contributed by atoms with Gasteiger partial charge >= 0.3 is 0 Å². The van der Waals surface area contributed by atoms with Crippen LogP contribution >= 0.6 is 0 Å². The molecule has 8 nitrogen and oxygen atoms in total. The number of imidazole rings is 1. The van der Waals surface area contributed by atoms with Gasteiger partial charge < -0.3 is 15.4 Å². The predicted molar refractivity (Wildman–Crippen MR) is 92.0 cm³/mol. The van der Waals surface area contributed by atoms with E-state index in [1.54, 1.807) is 41.2 Å². The summed E-state index contributed by atoms with van der Waals surface area (Å²) < 4.78 is 22.5. The van der Waals surface area contributed by atoms with Gasteiger partial charge in [-0.15, -0.1) is 0 Å². The number of hydrogen-bond acceptors (Lipinski definition) is 5. The first-order valence-corrected chi connectivity index (χ1v) is 8.31. The van der Waals surface area contributed by atoms with Crippen molar-refractivity contribution in [2.45, 2.75) is 25.1 Å². The van der Waals surface area contributed by atoms with Crippen LogP contribution in [0.1, 0.15) is 17.0 Å². The quantitative estimate of drug-likeness (QED) is 0.756. The van der Waals surface area contributed by atoms with Crippen LogP contribution in [0.3, 0.4) is 0 Å². The van der Waals surface area contributed by atoms with Crippen molar-refractivity contribution in [3.05, 3.63) is 48.4 Å². The van der Waals surface area contributed by atoms with Crippen LogP contribution in [0.5, 0.6) is 0 Å². The Balaban J connectivity index is 1.64. The molecule has 1 amide bonds. The first kappa shape index (κ1) is 16.5. The van der Waals surface area contributed by atoms with E-state index in [4.69, 9.17) is 10.5 Å². The van der Waals surface area contributed by atoms with E-state index >= 15 is 0 Å². The molecular weight excluding hydrogens is 339 g/mol. The van der Waals surface area contributed by atoms with Crippen LogP contribution in [0, 0.1) is 5.82 Å². The van der Waals surface area contributed by atoms with Crippen molar-refractivity contribution in [2.24, 2.45) is 0 Å². The van der Waals surface area contributed by atoms with Crippen molar-refractivity contribution < 1.29 is 13.9 Å². The van der Waals surface area contributed by atoms with E-state index in [0.717, 1.165) is 0 Å². The number of nitrogens with two attached hydrogens (primary N) is 1. The van der Waals surface area contributed by atoms with Crippen LogP contribution in [-0.4, -0.2) is 55.8 Å². The molecule has 2 N–H and O–H groups in total. The molecule has 0 bridgehead atoms. The maximum absolute atomic E-state index is 13.9. The SMILES string of the molecule is CO[C@H]1C[C@@H](Cn2ccc(N)n2)N(C(=O)c2ncc3c(F)cccn23)C1. The minimum atomic E-state index is -0.418. The molecule has 3 aromatic rings. The Bertz CT molecular complexity index is 952. The lowest BCUT2D eigenvalue weighted by Gasteiger charge is -2.23. The van der Waals surface area contributed by atoms with E-state index in [-0.39, 0.29) is 29.4 Å². The zero-order chi connectivity index (χ0) is 18.3. The van der Waals surface area contributed by atoms with Gasteiger partial charge in [-0.2, -0.15) is 5.10 Å². The van der Waals surface area contributed by atoms with E-state index in [0.29, 0.717) is 25.3 Å². The first-order chi connectivity index (χ1) is 12.6. The summed E-state index contributed by atoms with van der Waals surface area (Å²) in [6, 6.07) is 4.48. The third-order valence-corrected chi connectivity index (χ3v) is 4.74. The Hall–Kier alpha value is -2.94. The second-order valence-electron chi connectivity index (χ2n) is 6.36. The minimum Gasteiger partial charge on any atom is -0.382 e. The molecule has 0 unspecified atom stereocenters. The summed E-state index contributed by atoms with van der Waals surface area (Å²) in [4.78, 5) is 19.0. The number of nitrogen functional groups attached to an aromatic ring is 1. The summed E-state index contributed by atoms with van der Waals surface area (Å²) in [7, 11) is 1.63. The molecule has 4 rings (SSSR count). The third-order valence-electron chi connectivity index (χ3n) is 4.74. The van der Waals surface area contributed by atoms with Crippen molar-refractivity contribution in [1.29, 1.82) is 0 Å². The Morgan fingerprint density at radius 2 is 2.27 bits per heavy atom. The molecule has 1 aliphatic heterocycles. The zero-order valence-corrected chi connectivity index (χ0v) is 14.2. The second kappa shape index (κ2) is 6.41. The molecule has 9 heteroatoms. The highest BCUT2D eigenvalue weighted by Gasteiger charge is 2.37. The van der Waals surface area contributed by atoms with Crippen molar-refractivity contribution in [2.75, 3.05) is 19.4 Å². The van der Waals surface area contributed by atoms with Crippen LogP contribution in [0.2, 0.25) is 0 Å². The zero-order valence-electron chi connectivity index (χ0n) is 14.2. The van der Waals surface area contributed by atoms with Gasteiger partial charge in [0.05, 0.1) is 24.9 Å². The van der Waals surface area contributed by atoms with Gasteiger partial charge in [0.2, 0.25) is 5.82 Å². The highest BCUT2D eigenvalue weighted by Crippen LogP contribution is 2.24. The molecule has 136 valence electrons. The summed E-state index contributed by atoms with van der Waals surface area (Å²) in [5, 5.41) is 4.19. The fraction of sp³-hybridized carbons (Fsp3) is 0.353. The Morgan fingerprint density at radius 1 is 1.42 bits per heavy atom. The highest BCUT2D eigenvalue weighted by atomic mass is 19.1. The number of anilines is 1. The number of ether oxygens (including phenoxy) is 1. The maximum atomic E-state index is 13.9. The molecule has 1 aliphatic rings. The van der Waals surface area contributed by atoms with Crippen molar-refractivity contribution in [3.8, 4) is 0 Å². The second-order valence-corrected chi connectivity index (χ2v) is 6.36. The van der Waals surface area contributed by atoms with Gasteiger partial charge in [-0.05, 0) is 24.6 Å². The number of carbonyl (C=O) groups excluding carboxylic acids is 1. The average Bonchev–Trinajstić information content (AvgIpc) is 3.33. The molecule has 0 aliphatic carbocycles. The fourth-order valence-electron chi connectivity index (χ4n) is 3.44. The van der Waals surface area contributed by atoms with E-state index in [9.17, 15) is 9.18 Å². The molecule has 26 heavy (non-hydrogen) atoms. The molecule has 4 heterocycles. The van der Waals surface area contributed by atoms with E-state index in [2.05, 4.69) is 10.1 Å². The van der Waals surface area contributed by atoms with Crippen molar-refractivity contribution in [1.82, 2.24) is 24.1 Å². The summed E-state index contributed by atoms with van der Waals surface area (Å²) in [6.45, 7) is 0.946. The molecule has 0 aromatic carbocycles. The van der Waals surface area contributed by atoms with E-state index in [1.807, 2.05) is 0 Å². The number of halogens is 1. The molecule has 0 spiro atoms. The van der Waals surface area contributed by atoms with Crippen LogP contribution in [0.15, 0.2) is 36.8 Å². The van der Waals surface area contributed by atoms with Gasteiger partial charge in [0.25, 0.3) is 5.91 Å². The molecule has 3 aromatic heterocycles. The number of likely N-dealkylation sites (tertiary alicyclic amines) is 1. The molecular formula is C17H19FN6O2. The first-order valence-electron chi connectivity index (χ1n) is 8.31. The number of amides is 1. The number of nitrogens with zero attached hydrogens (tertiary/aromatic N) is 5. The third kappa shape index (κ3) is 2.80. The number of rotatable bonds is 4.